The van der Waals surface area contributed by atoms with Gasteiger partial charge in [0.05, 0.1) is 17.1 Å². The summed E-state index contributed by atoms with van der Waals surface area (Å²) in [7, 11) is 0. The standard InChI is InChI=1S/C16H22N4/c1-4-10-18-16(3,12-17)9-11-20-13(2)19-14-7-5-6-8-15(14)20/h5-8,18H,4,9-11H2,1-3H3. The molecule has 0 aliphatic carbocycles. The largest absolute Gasteiger partial charge is 0.328 e. The van der Waals surface area contributed by atoms with Crippen LogP contribution in [-0.4, -0.2) is 21.6 Å². The molecule has 20 heavy (non-hydrogen) atoms. The fraction of sp³-hybridized carbons (Fsp3) is 0.500. The van der Waals surface area contributed by atoms with Gasteiger partial charge in [0.15, 0.2) is 0 Å². The Morgan fingerprint density at radius 3 is 2.85 bits per heavy atom. The van der Waals surface area contributed by atoms with Crippen LogP contribution in [0.4, 0.5) is 0 Å². The molecule has 0 fully saturated rings. The number of rotatable bonds is 6. The van der Waals surface area contributed by atoms with Crippen LogP contribution < -0.4 is 5.32 Å². The zero-order valence-corrected chi connectivity index (χ0v) is 12.5. The van der Waals surface area contributed by atoms with Gasteiger partial charge in [0.2, 0.25) is 0 Å². The topological polar surface area (TPSA) is 53.6 Å². The second-order valence-corrected chi connectivity index (χ2v) is 5.42. The van der Waals surface area contributed by atoms with E-state index in [9.17, 15) is 5.26 Å². The summed E-state index contributed by atoms with van der Waals surface area (Å²) in [4.78, 5) is 4.56. The molecule has 0 spiro atoms. The molecule has 1 atom stereocenters. The lowest BCUT2D eigenvalue weighted by Gasteiger charge is -2.23. The number of nitrogens with one attached hydrogen (secondary N) is 1. The van der Waals surface area contributed by atoms with Gasteiger partial charge in [0.1, 0.15) is 11.4 Å². The highest BCUT2D eigenvalue weighted by Crippen LogP contribution is 2.18. The van der Waals surface area contributed by atoms with Gasteiger partial charge in [-0.3, -0.25) is 5.32 Å². The smallest absolute Gasteiger partial charge is 0.106 e. The normalized spacial score (nSPS) is 14.1. The van der Waals surface area contributed by atoms with Gasteiger partial charge in [-0.15, -0.1) is 0 Å². The van der Waals surface area contributed by atoms with Crippen molar-refractivity contribution in [1.82, 2.24) is 14.9 Å². The molecule has 0 aliphatic heterocycles. The van der Waals surface area contributed by atoms with E-state index in [0.717, 1.165) is 42.8 Å². The van der Waals surface area contributed by atoms with Crippen molar-refractivity contribution in [1.29, 1.82) is 5.26 Å². The Bertz CT molecular complexity index is 623. The number of fused-ring (bicyclic) bond motifs is 1. The van der Waals surface area contributed by atoms with Crippen LogP contribution in [0.5, 0.6) is 0 Å². The van der Waals surface area contributed by atoms with E-state index in [1.54, 1.807) is 0 Å². The first-order chi connectivity index (χ1) is 9.59. The molecule has 1 N–H and O–H groups in total. The van der Waals surface area contributed by atoms with Gasteiger partial charge >= 0.3 is 0 Å². The average Bonchev–Trinajstić information content (AvgIpc) is 2.78. The molecule has 4 nitrogen and oxygen atoms in total. The molecule has 1 heterocycles. The first kappa shape index (κ1) is 14.5. The van der Waals surface area contributed by atoms with Gasteiger partial charge in [-0.25, -0.2) is 4.98 Å². The molecule has 106 valence electrons. The lowest BCUT2D eigenvalue weighted by Crippen LogP contribution is -2.42. The van der Waals surface area contributed by atoms with Crippen molar-refractivity contribution in [2.45, 2.75) is 45.7 Å². The van der Waals surface area contributed by atoms with Crippen LogP contribution in [0.1, 0.15) is 32.5 Å². The fourth-order valence-electron chi connectivity index (χ4n) is 2.40. The Kier molecular flexibility index (Phi) is 4.41. The van der Waals surface area contributed by atoms with Crippen LogP contribution in [-0.2, 0) is 6.54 Å². The number of aromatic nitrogens is 2. The Balaban J connectivity index is 2.16. The zero-order valence-electron chi connectivity index (χ0n) is 12.5. The van der Waals surface area contributed by atoms with Gasteiger partial charge in [0.25, 0.3) is 0 Å². The minimum atomic E-state index is -0.478. The van der Waals surface area contributed by atoms with Crippen LogP contribution in [0.25, 0.3) is 11.0 Å². The summed E-state index contributed by atoms with van der Waals surface area (Å²) in [5.74, 6) is 1.00. The van der Waals surface area contributed by atoms with Gasteiger partial charge in [-0.1, -0.05) is 19.1 Å². The number of nitriles is 1. The monoisotopic (exact) mass is 270 g/mol. The maximum atomic E-state index is 9.39. The van der Waals surface area contributed by atoms with Gasteiger partial charge in [-0.2, -0.15) is 5.26 Å². The third kappa shape index (κ3) is 3.00. The number of hydrogen-bond donors (Lipinski definition) is 1. The molecule has 1 aromatic heterocycles. The van der Waals surface area contributed by atoms with E-state index >= 15 is 0 Å². The number of hydrogen-bond acceptors (Lipinski definition) is 3. The Morgan fingerprint density at radius 2 is 2.15 bits per heavy atom. The minimum absolute atomic E-state index is 0.478. The second kappa shape index (κ2) is 6.06. The van der Waals surface area contributed by atoms with Crippen molar-refractivity contribution in [3.05, 3.63) is 30.1 Å². The number of imidazole rings is 1. The van der Waals surface area contributed by atoms with E-state index in [4.69, 9.17) is 0 Å². The lowest BCUT2D eigenvalue weighted by atomic mass is 9.99. The Hall–Kier alpha value is -1.86. The predicted octanol–water partition coefficient (Wildman–Crippen LogP) is 3.02. The van der Waals surface area contributed by atoms with E-state index in [2.05, 4.69) is 33.9 Å². The maximum absolute atomic E-state index is 9.39. The number of nitrogens with zero attached hydrogens (tertiary/aromatic N) is 3. The van der Waals surface area contributed by atoms with Crippen LogP contribution in [0, 0.1) is 18.3 Å². The second-order valence-electron chi connectivity index (χ2n) is 5.42. The van der Waals surface area contributed by atoms with Gasteiger partial charge in [-0.05, 0) is 45.4 Å². The first-order valence-electron chi connectivity index (χ1n) is 7.18. The summed E-state index contributed by atoms with van der Waals surface area (Å²) < 4.78 is 2.19. The van der Waals surface area contributed by atoms with E-state index in [0.29, 0.717) is 0 Å². The van der Waals surface area contributed by atoms with E-state index < -0.39 is 5.54 Å². The fourth-order valence-corrected chi connectivity index (χ4v) is 2.40. The van der Waals surface area contributed by atoms with E-state index in [1.807, 2.05) is 32.0 Å². The molecule has 1 unspecified atom stereocenters. The third-order valence-corrected chi connectivity index (χ3v) is 3.69. The summed E-state index contributed by atoms with van der Waals surface area (Å²) in [5.41, 5.74) is 1.68. The van der Waals surface area contributed by atoms with Crippen molar-refractivity contribution >= 4 is 11.0 Å². The number of benzene rings is 1. The number of aryl methyl sites for hydroxylation is 2. The summed E-state index contributed by atoms with van der Waals surface area (Å²) in [5, 5.41) is 12.7. The Morgan fingerprint density at radius 1 is 1.40 bits per heavy atom. The van der Waals surface area contributed by atoms with Crippen molar-refractivity contribution < 1.29 is 0 Å². The van der Waals surface area contributed by atoms with Crippen molar-refractivity contribution in [2.24, 2.45) is 0 Å². The highest BCUT2D eigenvalue weighted by atomic mass is 15.1. The number of para-hydroxylation sites is 2. The average molecular weight is 270 g/mol. The van der Waals surface area contributed by atoms with Crippen LogP contribution in [0.3, 0.4) is 0 Å². The summed E-state index contributed by atoms with van der Waals surface area (Å²) in [6.45, 7) is 7.76. The molecule has 0 saturated carbocycles. The molecule has 0 saturated heterocycles. The van der Waals surface area contributed by atoms with Gasteiger partial charge < -0.3 is 4.57 Å². The summed E-state index contributed by atoms with van der Waals surface area (Å²) in [6, 6.07) is 10.5. The lowest BCUT2D eigenvalue weighted by molar-refractivity contribution is 0.393. The highest BCUT2D eigenvalue weighted by Gasteiger charge is 2.23. The molecule has 2 aromatic rings. The quantitative estimate of drug-likeness (QED) is 0.878. The molecule has 2 rings (SSSR count). The molecule has 1 aromatic carbocycles. The minimum Gasteiger partial charge on any atom is -0.328 e. The van der Waals surface area contributed by atoms with Crippen molar-refractivity contribution in [3.8, 4) is 6.07 Å². The van der Waals surface area contributed by atoms with Crippen LogP contribution >= 0.6 is 0 Å². The molecule has 0 aliphatic rings. The highest BCUT2D eigenvalue weighted by molar-refractivity contribution is 5.75. The first-order valence-corrected chi connectivity index (χ1v) is 7.18. The van der Waals surface area contributed by atoms with Crippen LogP contribution in [0.2, 0.25) is 0 Å². The van der Waals surface area contributed by atoms with Crippen molar-refractivity contribution in [2.75, 3.05) is 6.54 Å². The maximum Gasteiger partial charge on any atom is 0.106 e. The van der Waals surface area contributed by atoms with Crippen molar-refractivity contribution in [3.63, 3.8) is 0 Å². The molecule has 4 heteroatoms. The molecule has 0 amide bonds. The zero-order chi connectivity index (χ0) is 14.6. The Labute approximate surface area is 120 Å². The third-order valence-electron chi connectivity index (χ3n) is 3.69. The summed E-state index contributed by atoms with van der Waals surface area (Å²) >= 11 is 0. The van der Waals surface area contributed by atoms with E-state index in [1.165, 1.54) is 0 Å². The predicted molar refractivity (Wildman–Crippen MR) is 81.4 cm³/mol. The van der Waals surface area contributed by atoms with Gasteiger partial charge in [0, 0.05) is 6.54 Å². The summed E-state index contributed by atoms with van der Waals surface area (Å²) in [6.07, 6.45) is 1.80. The molecular formula is C16H22N4. The molecule has 0 radical (unpaired) electrons. The molecular weight excluding hydrogens is 248 g/mol. The van der Waals surface area contributed by atoms with E-state index in [-0.39, 0.29) is 0 Å². The van der Waals surface area contributed by atoms with Crippen LogP contribution in [0.15, 0.2) is 24.3 Å². The SMILES string of the molecule is CCCNC(C)(C#N)CCn1c(C)nc2ccccc21. The molecule has 0 bridgehead atoms.